The fourth-order valence-corrected chi connectivity index (χ4v) is 5.33. The summed E-state index contributed by atoms with van der Waals surface area (Å²) in [5.41, 5.74) is 5.15. The molecule has 1 aliphatic heterocycles. The third-order valence-electron chi connectivity index (χ3n) is 5.55. The Morgan fingerprint density at radius 3 is 2.77 bits per heavy atom. The molecule has 2 N–H and O–H groups in total. The zero-order chi connectivity index (χ0) is 21.4. The molecule has 2 aromatic heterocycles. The van der Waals surface area contributed by atoms with Crippen molar-refractivity contribution >= 4 is 56.5 Å². The second kappa shape index (κ2) is 8.63. The molecular formula is C23H20Cl2N4OS. The van der Waals surface area contributed by atoms with E-state index >= 15 is 0 Å². The highest BCUT2D eigenvalue weighted by atomic mass is 35.5. The highest BCUT2D eigenvalue weighted by molar-refractivity contribution is 7.14. The second-order valence-electron chi connectivity index (χ2n) is 7.47. The molecule has 1 amide bonds. The predicted molar refractivity (Wildman–Crippen MR) is 128 cm³/mol. The Morgan fingerprint density at radius 2 is 1.94 bits per heavy atom. The number of thiazole rings is 1. The van der Waals surface area contributed by atoms with Crippen LogP contribution in [0.5, 0.6) is 0 Å². The number of benzene rings is 2. The van der Waals surface area contributed by atoms with E-state index in [0.717, 1.165) is 53.8 Å². The lowest BCUT2D eigenvalue weighted by Gasteiger charge is -2.11. The standard InChI is InChI=1S/C23H20Cl2N4OS/c24-16-6-7-19-21(22(16)25)15-8-10-26-11-9-18(15)29(19)12-20(30)28-23-27-17(13-31-23)14-4-2-1-3-5-14/h1-7,13,26H,8-12H2,(H,27,28,30). The van der Waals surface area contributed by atoms with Crippen LogP contribution in [0.3, 0.4) is 0 Å². The lowest BCUT2D eigenvalue weighted by molar-refractivity contribution is -0.116. The average molecular weight is 471 g/mol. The Kier molecular flexibility index (Phi) is 5.71. The number of amides is 1. The van der Waals surface area contributed by atoms with Crippen molar-refractivity contribution in [2.45, 2.75) is 19.4 Å². The molecule has 4 aromatic rings. The Morgan fingerprint density at radius 1 is 1.13 bits per heavy atom. The summed E-state index contributed by atoms with van der Waals surface area (Å²) >= 11 is 14.3. The Balaban J connectivity index is 1.44. The number of carbonyl (C=O) groups excluding carboxylic acids is 1. The van der Waals surface area contributed by atoms with Crippen molar-refractivity contribution in [2.24, 2.45) is 0 Å². The van der Waals surface area contributed by atoms with Gasteiger partial charge in [0.15, 0.2) is 5.13 Å². The monoisotopic (exact) mass is 470 g/mol. The van der Waals surface area contributed by atoms with E-state index in [0.29, 0.717) is 15.2 Å². The van der Waals surface area contributed by atoms with Crippen molar-refractivity contribution in [1.29, 1.82) is 0 Å². The van der Waals surface area contributed by atoms with Crippen LogP contribution in [-0.2, 0) is 24.2 Å². The zero-order valence-corrected chi connectivity index (χ0v) is 18.9. The van der Waals surface area contributed by atoms with Crippen molar-refractivity contribution in [3.63, 3.8) is 0 Å². The van der Waals surface area contributed by atoms with Crippen LogP contribution in [0.15, 0.2) is 47.8 Å². The first kappa shape index (κ1) is 20.5. The van der Waals surface area contributed by atoms with Gasteiger partial charge >= 0.3 is 0 Å². The summed E-state index contributed by atoms with van der Waals surface area (Å²) in [5, 5.41) is 11.0. The Labute approximate surface area is 194 Å². The summed E-state index contributed by atoms with van der Waals surface area (Å²) in [5.74, 6) is -0.114. The molecule has 5 rings (SSSR count). The van der Waals surface area contributed by atoms with Gasteiger partial charge in [0.05, 0.1) is 21.3 Å². The minimum absolute atomic E-state index is 0.114. The average Bonchev–Trinajstić information content (AvgIpc) is 3.25. The van der Waals surface area contributed by atoms with Crippen molar-refractivity contribution < 1.29 is 4.79 Å². The van der Waals surface area contributed by atoms with Gasteiger partial charge in [0.25, 0.3) is 0 Å². The number of fused-ring (bicyclic) bond motifs is 3. The van der Waals surface area contributed by atoms with E-state index in [1.54, 1.807) is 6.07 Å². The molecule has 31 heavy (non-hydrogen) atoms. The number of rotatable bonds is 4. The van der Waals surface area contributed by atoms with E-state index in [1.807, 2.05) is 41.8 Å². The summed E-state index contributed by atoms with van der Waals surface area (Å²) in [7, 11) is 0. The first-order valence-electron chi connectivity index (χ1n) is 10.1. The van der Waals surface area contributed by atoms with Crippen LogP contribution in [0.4, 0.5) is 5.13 Å². The van der Waals surface area contributed by atoms with Gasteiger partial charge in [-0.1, -0.05) is 53.5 Å². The molecule has 0 saturated carbocycles. The Bertz CT molecular complexity index is 1270. The summed E-state index contributed by atoms with van der Waals surface area (Å²) in [6, 6.07) is 13.7. The maximum atomic E-state index is 13.0. The predicted octanol–water partition coefficient (Wildman–Crippen LogP) is 5.40. The van der Waals surface area contributed by atoms with Gasteiger partial charge in [-0.2, -0.15) is 0 Å². The summed E-state index contributed by atoms with van der Waals surface area (Å²) < 4.78 is 2.07. The molecule has 0 aliphatic carbocycles. The first-order valence-corrected chi connectivity index (χ1v) is 11.7. The number of anilines is 1. The minimum Gasteiger partial charge on any atom is -0.335 e. The van der Waals surface area contributed by atoms with Crippen molar-refractivity contribution in [1.82, 2.24) is 14.9 Å². The van der Waals surface area contributed by atoms with Gasteiger partial charge in [0, 0.05) is 35.0 Å². The summed E-state index contributed by atoms with van der Waals surface area (Å²) in [4.78, 5) is 17.5. The number of hydrogen-bond acceptors (Lipinski definition) is 4. The molecule has 0 saturated heterocycles. The molecular weight excluding hydrogens is 451 g/mol. The van der Waals surface area contributed by atoms with Crippen LogP contribution < -0.4 is 10.6 Å². The normalized spacial score (nSPS) is 13.7. The van der Waals surface area contributed by atoms with Gasteiger partial charge in [0.2, 0.25) is 5.91 Å². The van der Waals surface area contributed by atoms with Gasteiger partial charge in [-0.25, -0.2) is 4.98 Å². The minimum atomic E-state index is -0.114. The maximum absolute atomic E-state index is 13.0. The number of hydrogen-bond donors (Lipinski definition) is 2. The first-order chi connectivity index (χ1) is 15.1. The highest BCUT2D eigenvalue weighted by Gasteiger charge is 2.23. The summed E-state index contributed by atoms with van der Waals surface area (Å²) in [6.07, 6.45) is 1.69. The highest BCUT2D eigenvalue weighted by Crippen LogP contribution is 2.37. The fourth-order valence-electron chi connectivity index (χ4n) is 4.16. The quantitative estimate of drug-likeness (QED) is 0.419. The third kappa shape index (κ3) is 3.96. The molecule has 3 heterocycles. The molecule has 0 atom stereocenters. The molecule has 5 nitrogen and oxygen atoms in total. The second-order valence-corrected chi connectivity index (χ2v) is 9.11. The summed E-state index contributed by atoms with van der Waals surface area (Å²) in [6.45, 7) is 1.94. The van der Waals surface area contributed by atoms with E-state index in [1.165, 1.54) is 16.9 Å². The van der Waals surface area contributed by atoms with Crippen molar-refractivity contribution in [3.8, 4) is 11.3 Å². The van der Waals surface area contributed by atoms with E-state index in [9.17, 15) is 4.79 Å². The molecule has 1 aliphatic rings. The molecule has 2 aromatic carbocycles. The molecule has 158 valence electrons. The smallest absolute Gasteiger partial charge is 0.246 e. The fraction of sp³-hybridized carbons (Fsp3) is 0.217. The van der Waals surface area contributed by atoms with Crippen LogP contribution >= 0.6 is 34.5 Å². The topological polar surface area (TPSA) is 59.0 Å². The SMILES string of the molecule is O=C(Cn1c2c(c3c(Cl)c(Cl)ccc31)CCNCC2)Nc1nc(-c2ccccc2)cs1. The third-order valence-corrected chi connectivity index (χ3v) is 7.11. The molecule has 0 radical (unpaired) electrons. The zero-order valence-electron chi connectivity index (χ0n) is 16.6. The number of halogens is 2. The Hall–Kier alpha value is -2.38. The number of aromatic nitrogens is 2. The van der Waals surface area contributed by atoms with E-state index in [4.69, 9.17) is 23.2 Å². The van der Waals surface area contributed by atoms with Gasteiger partial charge in [-0.15, -0.1) is 11.3 Å². The van der Waals surface area contributed by atoms with Gasteiger partial charge in [-0.05, 0) is 30.7 Å². The largest absolute Gasteiger partial charge is 0.335 e. The van der Waals surface area contributed by atoms with Crippen LogP contribution in [0.1, 0.15) is 11.3 Å². The lowest BCUT2D eigenvalue weighted by atomic mass is 10.1. The molecule has 0 bridgehead atoms. The van der Waals surface area contributed by atoms with Crippen LogP contribution in [0.2, 0.25) is 10.0 Å². The van der Waals surface area contributed by atoms with Gasteiger partial charge in [-0.3, -0.25) is 4.79 Å². The van der Waals surface area contributed by atoms with Crippen LogP contribution in [0.25, 0.3) is 22.2 Å². The van der Waals surface area contributed by atoms with E-state index in [-0.39, 0.29) is 12.5 Å². The van der Waals surface area contributed by atoms with Crippen molar-refractivity contribution in [3.05, 3.63) is 69.1 Å². The number of nitrogens with one attached hydrogen (secondary N) is 2. The van der Waals surface area contributed by atoms with Crippen LogP contribution in [0, 0.1) is 0 Å². The van der Waals surface area contributed by atoms with E-state index in [2.05, 4.69) is 20.2 Å². The molecule has 0 spiro atoms. The molecule has 0 fully saturated rings. The van der Waals surface area contributed by atoms with E-state index < -0.39 is 0 Å². The number of carbonyl (C=O) groups is 1. The maximum Gasteiger partial charge on any atom is 0.246 e. The van der Waals surface area contributed by atoms with Gasteiger partial charge < -0.3 is 15.2 Å². The van der Waals surface area contributed by atoms with Crippen molar-refractivity contribution in [2.75, 3.05) is 18.4 Å². The lowest BCUT2D eigenvalue weighted by Crippen LogP contribution is -2.21. The molecule has 8 heteroatoms. The van der Waals surface area contributed by atoms with Gasteiger partial charge in [0.1, 0.15) is 6.54 Å². The molecule has 0 unspecified atom stereocenters. The number of nitrogens with zero attached hydrogens (tertiary/aromatic N) is 2. The van der Waals surface area contributed by atoms with Crippen LogP contribution in [-0.4, -0.2) is 28.5 Å².